The summed E-state index contributed by atoms with van der Waals surface area (Å²) in [6.45, 7) is 6.10. The minimum absolute atomic E-state index is 0.0296. The minimum atomic E-state index is -1.63. The molecule has 3 heterocycles. The van der Waals surface area contributed by atoms with Crippen molar-refractivity contribution in [2.45, 2.75) is 152 Å². The number of fused-ring (bicyclic) bond motifs is 5. The minimum Gasteiger partial charge on any atom is -0.458 e. The Balaban J connectivity index is 1.05. The number of rotatable bonds is 7. The summed E-state index contributed by atoms with van der Waals surface area (Å²) in [5.74, 6) is 0.821. The second kappa shape index (κ2) is 13.3. The van der Waals surface area contributed by atoms with Crippen LogP contribution in [0.15, 0.2) is 11.6 Å². The predicted molar refractivity (Wildman–Crippen MR) is 170 cm³/mol. The van der Waals surface area contributed by atoms with Gasteiger partial charge in [0.25, 0.3) is 0 Å². The van der Waals surface area contributed by atoms with Gasteiger partial charge < -0.3 is 59.1 Å². The molecule has 278 valence electrons. The fourth-order valence-electron chi connectivity index (χ4n) is 11.5. The molecule has 4 aliphatic carbocycles. The molecule has 0 aromatic rings. The lowest BCUT2D eigenvalue weighted by molar-refractivity contribution is -0.372. The van der Waals surface area contributed by atoms with E-state index >= 15 is 0 Å². The van der Waals surface area contributed by atoms with Gasteiger partial charge >= 0.3 is 5.97 Å². The largest absolute Gasteiger partial charge is 0.458 e. The molecule has 0 radical (unpaired) electrons. The topological polar surface area (TPSA) is 194 Å². The summed E-state index contributed by atoms with van der Waals surface area (Å²) in [5.41, 5.74) is -0.00574. The maximum Gasteiger partial charge on any atom is 0.331 e. The van der Waals surface area contributed by atoms with Crippen molar-refractivity contribution in [3.63, 3.8) is 0 Å². The Hall–Kier alpha value is -1.23. The van der Waals surface area contributed by atoms with Gasteiger partial charge in [-0.1, -0.05) is 13.8 Å². The van der Waals surface area contributed by atoms with E-state index in [9.17, 15) is 35.4 Å². The number of aliphatic hydroxyl groups is 6. The van der Waals surface area contributed by atoms with Crippen LogP contribution in [-0.2, 0) is 33.2 Å². The number of hydrogen-bond donors (Lipinski definition) is 6. The zero-order valence-electron chi connectivity index (χ0n) is 29.1. The first kappa shape index (κ1) is 36.1. The van der Waals surface area contributed by atoms with Crippen molar-refractivity contribution < 1.29 is 63.9 Å². The highest BCUT2D eigenvalue weighted by Crippen LogP contribution is 2.70. The van der Waals surface area contributed by atoms with Crippen molar-refractivity contribution in [2.24, 2.45) is 34.5 Å². The molecule has 7 aliphatic rings. The number of hydrogen-bond acceptors (Lipinski definition) is 13. The Morgan fingerprint density at radius 3 is 2.33 bits per heavy atom. The number of cyclic esters (lactones) is 1. The van der Waals surface area contributed by atoms with Crippen molar-refractivity contribution in [1.29, 1.82) is 0 Å². The number of carbonyl (C=O) groups is 1. The quantitative estimate of drug-likeness (QED) is 0.163. The number of ether oxygens (including phenoxy) is 6. The summed E-state index contributed by atoms with van der Waals surface area (Å²) < 4.78 is 35.5. The molecular weight excluding hydrogens is 640 g/mol. The number of esters is 1. The molecule has 2 saturated heterocycles. The lowest BCUT2D eigenvalue weighted by Crippen LogP contribution is -2.65. The van der Waals surface area contributed by atoms with Crippen molar-refractivity contribution >= 4 is 5.97 Å². The van der Waals surface area contributed by atoms with Gasteiger partial charge in [-0.3, -0.25) is 0 Å². The maximum atomic E-state index is 12.6. The lowest BCUT2D eigenvalue weighted by atomic mass is 9.43. The van der Waals surface area contributed by atoms with Crippen LogP contribution in [0.4, 0.5) is 0 Å². The third-order valence-electron chi connectivity index (χ3n) is 14.4. The van der Waals surface area contributed by atoms with Crippen LogP contribution in [0.25, 0.3) is 0 Å². The van der Waals surface area contributed by atoms with Gasteiger partial charge in [-0.25, -0.2) is 4.79 Å². The molecule has 13 heteroatoms. The van der Waals surface area contributed by atoms with Gasteiger partial charge in [0.05, 0.1) is 24.4 Å². The molecule has 3 aliphatic heterocycles. The first-order valence-corrected chi connectivity index (χ1v) is 18.3. The fourth-order valence-corrected chi connectivity index (χ4v) is 11.5. The predicted octanol–water partition coefficient (Wildman–Crippen LogP) is 0.934. The first-order chi connectivity index (χ1) is 23.3. The van der Waals surface area contributed by atoms with Crippen molar-refractivity contribution in [2.75, 3.05) is 20.3 Å². The van der Waals surface area contributed by atoms with Crippen LogP contribution in [0.3, 0.4) is 0 Å². The van der Waals surface area contributed by atoms with E-state index < -0.39 is 73.6 Å². The standard InChI is InChI=1S/C36H56O13/c1-17-26(39)30(44-4)31(49-32-29(42)28(41)27(40)24(15-37)48-32)33(46-17)47-20-7-10-34(2)19(14-20)5-6-23-22(34)8-11-35(3)21(9-12-36(23,35)43)18-13-25(38)45-16-18/h13,17,19-24,26-33,37,39-43H,5-12,14-16H2,1-4H3/t17-,19-,20+,21-,22+,23-,24-,26+,27-,28+,29-,30+,31-,32+,33+,34+,35-,36+/m1/s1. The summed E-state index contributed by atoms with van der Waals surface area (Å²) >= 11 is 0. The molecule has 0 amide bonds. The van der Waals surface area contributed by atoms with Crippen molar-refractivity contribution in [1.82, 2.24) is 0 Å². The Kier molecular flexibility index (Phi) is 9.82. The maximum absolute atomic E-state index is 12.6. The van der Waals surface area contributed by atoms with Crippen molar-refractivity contribution in [3.05, 3.63) is 11.6 Å². The van der Waals surface area contributed by atoms with Gasteiger partial charge in [-0.05, 0) is 99.4 Å². The summed E-state index contributed by atoms with van der Waals surface area (Å²) in [4.78, 5) is 11.9. The molecule has 0 unspecified atom stereocenters. The Bertz CT molecular complexity index is 1260. The Labute approximate surface area is 287 Å². The third-order valence-corrected chi connectivity index (χ3v) is 14.4. The zero-order valence-corrected chi connectivity index (χ0v) is 29.1. The molecule has 49 heavy (non-hydrogen) atoms. The zero-order chi connectivity index (χ0) is 35.0. The van der Waals surface area contributed by atoms with E-state index in [1.165, 1.54) is 7.11 Å². The van der Waals surface area contributed by atoms with Crippen LogP contribution in [0.1, 0.15) is 78.6 Å². The van der Waals surface area contributed by atoms with E-state index in [1.54, 1.807) is 13.0 Å². The highest BCUT2D eigenvalue weighted by Gasteiger charge is 2.68. The van der Waals surface area contributed by atoms with Gasteiger partial charge in [0.1, 0.15) is 49.3 Å². The second-order valence-corrected chi connectivity index (χ2v) is 16.5. The summed E-state index contributed by atoms with van der Waals surface area (Å²) in [6, 6.07) is 0. The molecule has 0 spiro atoms. The molecule has 6 fully saturated rings. The lowest BCUT2D eigenvalue weighted by Gasteiger charge is -2.64. The van der Waals surface area contributed by atoms with Crippen LogP contribution in [0, 0.1) is 34.5 Å². The smallest absolute Gasteiger partial charge is 0.331 e. The molecule has 18 atom stereocenters. The molecule has 0 aromatic carbocycles. The average Bonchev–Trinajstić information content (AvgIpc) is 3.62. The fraction of sp³-hybridized carbons (Fsp3) is 0.917. The molecule has 6 N–H and O–H groups in total. The van der Waals surface area contributed by atoms with Crippen LogP contribution in [-0.4, -0.2) is 130 Å². The summed E-state index contributed by atoms with van der Waals surface area (Å²) in [6.07, 6.45) is -2.68. The normalized spacial score (nSPS) is 54.4. The van der Waals surface area contributed by atoms with Crippen LogP contribution in [0.5, 0.6) is 0 Å². The number of aliphatic hydroxyl groups excluding tert-OH is 5. The van der Waals surface area contributed by atoms with E-state index in [2.05, 4.69) is 13.8 Å². The monoisotopic (exact) mass is 696 g/mol. The van der Waals surface area contributed by atoms with Gasteiger partial charge in [0, 0.05) is 18.6 Å². The van der Waals surface area contributed by atoms with Crippen molar-refractivity contribution in [3.8, 4) is 0 Å². The molecule has 0 bridgehead atoms. The van der Waals surface area contributed by atoms with E-state index in [4.69, 9.17) is 28.4 Å². The van der Waals surface area contributed by atoms with Crippen LogP contribution < -0.4 is 0 Å². The average molecular weight is 697 g/mol. The summed E-state index contributed by atoms with van der Waals surface area (Å²) in [5, 5.41) is 64.5. The highest BCUT2D eigenvalue weighted by atomic mass is 16.8. The van der Waals surface area contributed by atoms with Gasteiger partial charge in [0.2, 0.25) is 0 Å². The SMILES string of the molecule is CO[C@H]1[C@@H](O)[C@@H](C)O[C@@H](O[C@H]2CC[C@@]3(C)[C@H](CC[C@@H]4[C@@H]3CC[C@]3(C)[C@@H](C5=CC(=O)OC5)CC[C@]43O)C2)[C@@H]1O[C@@H]1O[C@H](CO)[C@@H](O)[C@H](O)[C@H]1O. The highest BCUT2D eigenvalue weighted by molar-refractivity contribution is 5.85. The molecule has 4 saturated carbocycles. The summed E-state index contributed by atoms with van der Waals surface area (Å²) in [7, 11) is 1.44. The molecule has 7 rings (SSSR count). The third kappa shape index (κ3) is 5.74. The van der Waals surface area contributed by atoms with Gasteiger partial charge in [-0.2, -0.15) is 0 Å². The number of methoxy groups -OCH3 is 1. The van der Waals surface area contributed by atoms with E-state index in [0.29, 0.717) is 18.4 Å². The van der Waals surface area contributed by atoms with E-state index in [0.717, 1.165) is 63.4 Å². The molecular formula is C36H56O13. The Morgan fingerprint density at radius 1 is 0.857 bits per heavy atom. The van der Waals surface area contributed by atoms with Crippen LogP contribution >= 0.6 is 0 Å². The Morgan fingerprint density at radius 2 is 1.63 bits per heavy atom. The first-order valence-electron chi connectivity index (χ1n) is 18.3. The molecule has 13 nitrogen and oxygen atoms in total. The van der Waals surface area contributed by atoms with Crippen LogP contribution in [0.2, 0.25) is 0 Å². The number of carbonyl (C=O) groups excluding carboxylic acids is 1. The van der Waals surface area contributed by atoms with E-state index in [1.807, 2.05) is 0 Å². The second-order valence-electron chi connectivity index (χ2n) is 16.5. The van der Waals surface area contributed by atoms with E-state index in [-0.39, 0.29) is 34.7 Å². The van der Waals surface area contributed by atoms with Gasteiger partial charge in [0.15, 0.2) is 12.6 Å². The van der Waals surface area contributed by atoms with Gasteiger partial charge in [-0.15, -0.1) is 0 Å². The molecule has 0 aromatic heterocycles.